The topological polar surface area (TPSA) is 58.4 Å². The Bertz CT molecular complexity index is 362. The predicted molar refractivity (Wildman–Crippen MR) is 75.4 cm³/mol. The maximum absolute atomic E-state index is 11.7. The first-order valence-corrected chi connectivity index (χ1v) is 6.43. The average Bonchev–Trinajstić information content (AvgIpc) is 2.38. The molecule has 1 aromatic rings. The van der Waals surface area contributed by atoms with E-state index < -0.39 is 0 Å². The van der Waals surface area contributed by atoms with Gasteiger partial charge in [0.1, 0.15) is 0 Å². The van der Waals surface area contributed by atoms with Gasteiger partial charge in [-0.2, -0.15) is 0 Å². The molecule has 0 aliphatic heterocycles. The molecule has 0 aliphatic carbocycles. The highest BCUT2D eigenvalue weighted by molar-refractivity contribution is 5.90. The van der Waals surface area contributed by atoms with Gasteiger partial charge in [0.25, 0.3) is 0 Å². The monoisotopic (exact) mass is 249 g/mol. The van der Waals surface area contributed by atoms with Gasteiger partial charge in [0.15, 0.2) is 0 Å². The quantitative estimate of drug-likeness (QED) is 0.775. The summed E-state index contributed by atoms with van der Waals surface area (Å²) < 4.78 is 0. The van der Waals surface area contributed by atoms with E-state index in [0.29, 0.717) is 13.0 Å². The summed E-state index contributed by atoms with van der Waals surface area (Å²) in [6, 6.07) is 7.63. The highest BCUT2D eigenvalue weighted by Gasteiger charge is 2.04. The molecule has 0 radical (unpaired) electrons. The molecule has 0 bridgehead atoms. The number of amides is 1. The minimum atomic E-state index is 0.0541. The molecule has 0 unspecified atom stereocenters. The van der Waals surface area contributed by atoms with Gasteiger partial charge in [-0.15, -0.1) is 0 Å². The molecule has 0 fully saturated rings. The molecule has 0 atom stereocenters. The van der Waals surface area contributed by atoms with Crippen LogP contribution in [0.4, 0.5) is 5.69 Å². The van der Waals surface area contributed by atoms with Crippen LogP contribution in [0, 0.1) is 0 Å². The number of nitrogens with one attached hydrogen (secondary N) is 1. The number of benzene rings is 1. The van der Waals surface area contributed by atoms with Crippen molar-refractivity contribution in [1.82, 2.24) is 4.90 Å². The summed E-state index contributed by atoms with van der Waals surface area (Å²) in [5.41, 5.74) is 7.41. The summed E-state index contributed by atoms with van der Waals surface area (Å²) in [7, 11) is 2.03. The average molecular weight is 249 g/mol. The molecule has 0 aromatic heterocycles. The largest absolute Gasteiger partial charge is 0.326 e. The zero-order valence-corrected chi connectivity index (χ0v) is 11.3. The lowest BCUT2D eigenvalue weighted by molar-refractivity contribution is -0.116. The van der Waals surface area contributed by atoms with Crippen LogP contribution in [0.15, 0.2) is 24.3 Å². The number of rotatable bonds is 7. The molecule has 18 heavy (non-hydrogen) atoms. The van der Waals surface area contributed by atoms with Crippen molar-refractivity contribution in [3.63, 3.8) is 0 Å². The van der Waals surface area contributed by atoms with E-state index in [1.54, 1.807) is 0 Å². The smallest absolute Gasteiger partial charge is 0.225 e. The number of nitrogens with zero attached hydrogens (tertiary/aromatic N) is 1. The normalized spacial score (nSPS) is 10.7. The first-order valence-electron chi connectivity index (χ1n) is 6.43. The number of nitrogens with two attached hydrogens (primary N) is 1. The van der Waals surface area contributed by atoms with Crippen molar-refractivity contribution < 1.29 is 4.79 Å². The zero-order chi connectivity index (χ0) is 13.4. The van der Waals surface area contributed by atoms with Crippen molar-refractivity contribution in [2.24, 2.45) is 5.73 Å². The van der Waals surface area contributed by atoms with E-state index in [2.05, 4.69) is 17.1 Å². The minimum Gasteiger partial charge on any atom is -0.326 e. The molecule has 1 rings (SSSR count). The molecule has 0 heterocycles. The fourth-order valence-corrected chi connectivity index (χ4v) is 1.73. The van der Waals surface area contributed by atoms with Gasteiger partial charge in [-0.1, -0.05) is 19.1 Å². The Hall–Kier alpha value is -1.39. The Kier molecular flexibility index (Phi) is 6.39. The molecular formula is C14H23N3O. The van der Waals surface area contributed by atoms with Crippen molar-refractivity contribution in [1.29, 1.82) is 0 Å². The Morgan fingerprint density at radius 2 is 1.94 bits per heavy atom. The van der Waals surface area contributed by atoms with E-state index >= 15 is 0 Å². The van der Waals surface area contributed by atoms with Gasteiger partial charge in [0, 0.05) is 25.2 Å². The van der Waals surface area contributed by atoms with E-state index in [9.17, 15) is 4.79 Å². The maximum Gasteiger partial charge on any atom is 0.225 e. The van der Waals surface area contributed by atoms with E-state index in [4.69, 9.17) is 5.73 Å². The van der Waals surface area contributed by atoms with Gasteiger partial charge in [0.05, 0.1) is 0 Å². The SMILES string of the molecule is CCCN(C)CCC(=O)Nc1ccc(CN)cc1. The van der Waals surface area contributed by atoms with Gasteiger partial charge >= 0.3 is 0 Å². The lowest BCUT2D eigenvalue weighted by atomic mass is 10.2. The van der Waals surface area contributed by atoms with Crippen molar-refractivity contribution >= 4 is 11.6 Å². The van der Waals surface area contributed by atoms with Gasteiger partial charge in [-0.3, -0.25) is 4.79 Å². The van der Waals surface area contributed by atoms with E-state index in [1.165, 1.54) is 0 Å². The van der Waals surface area contributed by atoms with Crippen LogP contribution in [0.25, 0.3) is 0 Å². The number of hydrogen-bond acceptors (Lipinski definition) is 3. The van der Waals surface area contributed by atoms with Crippen LogP contribution in [0.2, 0.25) is 0 Å². The maximum atomic E-state index is 11.7. The van der Waals surface area contributed by atoms with E-state index in [0.717, 1.165) is 30.8 Å². The fourth-order valence-electron chi connectivity index (χ4n) is 1.73. The summed E-state index contributed by atoms with van der Waals surface area (Å²) in [6.45, 7) is 4.48. The summed E-state index contributed by atoms with van der Waals surface area (Å²) in [4.78, 5) is 13.9. The van der Waals surface area contributed by atoms with Gasteiger partial charge in [-0.25, -0.2) is 0 Å². The number of carbonyl (C=O) groups is 1. The van der Waals surface area contributed by atoms with Crippen LogP contribution in [0.5, 0.6) is 0 Å². The van der Waals surface area contributed by atoms with Crippen LogP contribution >= 0.6 is 0 Å². The predicted octanol–water partition coefficient (Wildman–Crippen LogP) is 1.82. The third-order valence-corrected chi connectivity index (χ3v) is 2.80. The molecule has 1 aromatic carbocycles. The van der Waals surface area contributed by atoms with Crippen molar-refractivity contribution in [2.45, 2.75) is 26.3 Å². The standard InChI is InChI=1S/C14H23N3O/c1-3-9-17(2)10-8-14(18)16-13-6-4-12(11-15)5-7-13/h4-7H,3,8-11,15H2,1-2H3,(H,16,18). The van der Waals surface area contributed by atoms with Gasteiger partial charge < -0.3 is 16.0 Å². The lowest BCUT2D eigenvalue weighted by Crippen LogP contribution is -2.24. The van der Waals surface area contributed by atoms with E-state index in [-0.39, 0.29) is 5.91 Å². The highest BCUT2D eigenvalue weighted by atomic mass is 16.1. The van der Waals surface area contributed by atoms with Crippen LogP contribution in [-0.4, -0.2) is 30.9 Å². The van der Waals surface area contributed by atoms with Crippen LogP contribution in [0.1, 0.15) is 25.3 Å². The fraction of sp³-hybridized carbons (Fsp3) is 0.500. The summed E-state index contributed by atoms with van der Waals surface area (Å²) in [5, 5.41) is 2.88. The molecule has 0 saturated carbocycles. The Morgan fingerprint density at radius 3 is 2.50 bits per heavy atom. The van der Waals surface area contributed by atoms with Crippen molar-refractivity contribution in [2.75, 3.05) is 25.5 Å². The summed E-state index contributed by atoms with van der Waals surface area (Å²) in [5.74, 6) is 0.0541. The van der Waals surface area contributed by atoms with Crippen LogP contribution < -0.4 is 11.1 Å². The molecule has 0 aliphatic rings. The molecule has 4 heteroatoms. The Balaban J connectivity index is 2.35. The third kappa shape index (κ3) is 5.29. The second-order valence-electron chi connectivity index (χ2n) is 4.50. The first-order chi connectivity index (χ1) is 8.65. The van der Waals surface area contributed by atoms with Crippen LogP contribution in [-0.2, 0) is 11.3 Å². The summed E-state index contributed by atoms with van der Waals surface area (Å²) in [6.07, 6.45) is 1.63. The van der Waals surface area contributed by atoms with Crippen molar-refractivity contribution in [3.8, 4) is 0 Å². The Morgan fingerprint density at radius 1 is 1.28 bits per heavy atom. The minimum absolute atomic E-state index is 0.0541. The first kappa shape index (κ1) is 14.7. The van der Waals surface area contributed by atoms with Gasteiger partial charge in [-0.05, 0) is 37.7 Å². The molecule has 4 nitrogen and oxygen atoms in total. The van der Waals surface area contributed by atoms with Crippen LogP contribution in [0.3, 0.4) is 0 Å². The summed E-state index contributed by atoms with van der Waals surface area (Å²) >= 11 is 0. The molecule has 3 N–H and O–H groups in total. The van der Waals surface area contributed by atoms with E-state index in [1.807, 2.05) is 31.3 Å². The second kappa shape index (κ2) is 7.84. The van der Waals surface area contributed by atoms with Crippen molar-refractivity contribution in [3.05, 3.63) is 29.8 Å². The molecule has 100 valence electrons. The zero-order valence-electron chi connectivity index (χ0n) is 11.3. The lowest BCUT2D eigenvalue weighted by Gasteiger charge is -2.14. The third-order valence-electron chi connectivity index (χ3n) is 2.80. The highest BCUT2D eigenvalue weighted by Crippen LogP contribution is 2.09. The number of hydrogen-bond donors (Lipinski definition) is 2. The number of anilines is 1. The molecule has 1 amide bonds. The molecular weight excluding hydrogens is 226 g/mol. The second-order valence-corrected chi connectivity index (χ2v) is 4.50. The molecule has 0 spiro atoms. The molecule has 0 saturated heterocycles. The van der Waals surface area contributed by atoms with Gasteiger partial charge in [0.2, 0.25) is 5.91 Å². The number of carbonyl (C=O) groups excluding carboxylic acids is 1. The Labute approximate surface area is 109 Å².